The predicted molar refractivity (Wildman–Crippen MR) is 147 cm³/mol. The molecule has 0 bridgehead atoms. The normalized spacial score (nSPS) is 18.3. The molecule has 1 unspecified atom stereocenters. The Morgan fingerprint density at radius 1 is 1.28 bits per heavy atom. The maximum Gasteiger partial charge on any atom is 0.307 e. The minimum absolute atomic E-state index is 0.0228. The van der Waals surface area contributed by atoms with Gasteiger partial charge in [-0.2, -0.15) is 4.31 Å². The average Bonchev–Trinajstić information content (AvgIpc) is 3.29. The van der Waals surface area contributed by atoms with Gasteiger partial charge in [-0.3, -0.25) is 14.6 Å². The molecule has 39 heavy (non-hydrogen) atoms. The number of hydrogen-bond donors (Lipinski definition) is 1. The number of nitrogens with zero attached hydrogens (tertiary/aromatic N) is 2. The number of ether oxygens (including phenoxy) is 2. The van der Waals surface area contributed by atoms with Gasteiger partial charge in [0.15, 0.2) is 5.78 Å². The second-order valence-corrected chi connectivity index (χ2v) is 12.7. The molecule has 0 saturated carbocycles. The van der Waals surface area contributed by atoms with Crippen LogP contribution in [0.2, 0.25) is 0 Å². The van der Waals surface area contributed by atoms with Crippen molar-refractivity contribution in [3.8, 4) is 11.5 Å². The van der Waals surface area contributed by atoms with Crippen LogP contribution in [0.3, 0.4) is 0 Å². The lowest BCUT2D eigenvalue weighted by molar-refractivity contribution is -0.141. The van der Waals surface area contributed by atoms with E-state index in [0.29, 0.717) is 27.5 Å². The number of aliphatic carboxylic acids is 1. The maximum atomic E-state index is 13.7. The second kappa shape index (κ2) is 11.4. The van der Waals surface area contributed by atoms with E-state index >= 15 is 0 Å². The molecule has 1 N–H and O–H groups in total. The van der Waals surface area contributed by atoms with Gasteiger partial charge in [-0.1, -0.05) is 32.0 Å². The first-order valence-electron chi connectivity index (χ1n) is 12.6. The van der Waals surface area contributed by atoms with Crippen molar-refractivity contribution in [3.05, 3.63) is 69.2 Å². The average molecular weight is 573 g/mol. The molecule has 0 fully saturated rings. The first kappa shape index (κ1) is 28.7. The summed E-state index contributed by atoms with van der Waals surface area (Å²) in [4.78, 5) is 29.5. The van der Waals surface area contributed by atoms with Crippen LogP contribution in [-0.4, -0.2) is 54.3 Å². The Bertz CT molecular complexity index is 1500. The van der Waals surface area contributed by atoms with Gasteiger partial charge in [0.2, 0.25) is 10.0 Å². The van der Waals surface area contributed by atoms with Gasteiger partial charge >= 0.3 is 5.97 Å². The molecule has 9 nitrogen and oxygen atoms in total. The van der Waals surface area contributed by atoms with E-state index in [0.717, 1.165) is 11.1 Å². The van der Waals surface area contributed by atoms with Gasteiger partial charge in [-0.15, -0.1) is 11.3 Å². The Kier molecular flexibility index (Phi) is 8.43. The standard InChI is InChI=1S/C28H32N2O7S2/c1-6-21-15-30(39(34,35)25-13-29-10-9-22(25)37-21)14-20-11-19(8-7-16(20)2)26(17(3)28(32)33)24-12-23(36-5)27(38-24)18(4)31/h7-13,17,21,26H,6,14-15H2,1-5H3,(H,32,33)/t17-,21+,26?/m0/s1. The summed E-state index contributed by atoms with van der Waals surface area (Å²) in [5.74, 6) is -1.85. The number of rotatable bonds is 9. The topological polar surface area (TPSA) is 123 Å². The first-order valence-corrected chi connectivity index (χ1v) is 14.8. The number of carbonyl (C=O) groups excluding carboxylic acids is 1. The molecule has 11 heteroatoms. The van der Waals surface area contributed by atoms with E-state index in [1.165, 1.54) is 42.1 Å². The number of methoxy groups -OCH3 is 1. The number of ketones is 1. The Balaban J connectivity index is 1.78. The van der Waals surface area contributed by atoms with Crippen LogP contribution < -0.4 is 9.47 Å². The predicted octanol–water partition coefficient (Wildman–Crippen LogP) is 4.88. The van der Waals surface area contributed by atoms with Crippen LogP contribution in [-0.2, 0) is 21.4 Å². The fourth-order valence-corrected chi connectivity index (χ4v) is 7.50. The summed E-state index contributed by atoms with van der Waals surface area (Å²) in [7, 11) is -2.44. The number of aromatic nitrogens is 1. The SMILES string of the molecule is CC[C@@H]1CN(Cc2cc(C(c3cc(OC)c(C(C)=O)s3)[C@H](C)C(=O)O)ccc2C)S(=O)(=O)c2cnccc2O1. The zero-order valence-corrected chi connectivity index (χ0v) is 24.1. The van der Waals surface area contributed by atoms with E-state index < -0.39 is 27.8 Å². The zero-order valence-electron chi connectivity index (χ0n) is 22.5. The van der Waals surface area contributed by atoms with Crippen molar-refractivity contribution in [2.45, 2.75) is 57.6 Å². The minimum Gasteiger partial charge on any atom is -0.495 e. The molecule has 1 aliphatic rings. The summed E-state index contributed by atoms with van der Waals surface area (Å²) < 4.78 is 40.1. The van der Waals surface area contributed by atoms with Crippen LogP contribution in [0.25, 0.3) is 0 Å². The molecular weight excluding hydrogens is 540 g/mol. The minimum atomic E-state index is -3.91. The molecule has 0 aliphatic carbocycles. The van der Waals surface area contributed by atoms with Crippen molar-refractivity contribution in [2.24, 2.45) is 5.92 Å². The van der Waals surface area contributed by atoms with Gasteiger partial charge in [0, 0.05) is 30.5 Å². The Morgan fingerprint density at radius 3 is 2.64 bits per heavy atom. The van der Waals surface area contributed by atoms with Crippen molar-refractivity contribution in [1.82, 2.24) is 9.29 Å². The first-order chi connectivity index (χ1) is 18.5. The highest BCUT2D eigenvalue weighted by Crippen LogP contribution is 2.42. The third-order valence-electron chi connectivity index (χ3n) is 7.05. The van der Waals surface area contributed by atoms with E-state index in [4.69, 9.17) is 9.47 Å². The van der Waals surface area contributed by atoms with Gasteiger partial charge in [0.05, 0.1) is 25.8 Å². The van der Waals surface area contributed by atoms with E-state index in [1.807, 2.05) is 32.0 Å². The molecule has 3 heterocycles. The number of fused-ring (bicyclic) bond motifs is 1. The molecular formula is C28H32N2O7S2. The zero-order chi connectivity index (χ0) is 28.5. The van der Waals surface area contributed by atoms with Gasteiger partial charge in [0.1, 0.15) is 27.4 Å². The van der Waals surface area contributed by atoms with Gasteiger partial charge < -0.3 is 14.6 Å². The summed E-state index contributed by atoms with van der Waals surface area (Å²) in [5.41, 5.74) is 2.33. The number of carboxylic acids is 1. The quantitative estimate of drug-likeness (QED) is 0.360. The van der Waals surface area contributed by atoms with Crippen molar-refractivity contribution in [3.63, 3.8) is 0 Å². The monoisotopic (exact) mass is 572 g/mol. The summed E-state index contributed by atoms with van der Waals surface area (Å²) in [6.45, 7) is 7.15. The van der Waals surface area contributed by atoms with Crippen molar-refractivity contribution < 1.29 is 32.6 Å². The third kappa shape index (κ3) is 5.70. The van der Waals surface area contributed by atoms with Crippen LogP contribution in [0.4, 0.5) is 0 Å². The van der Waals surface area contributed by atoms with E-state index in [-0.39, 0.29) is 35.6 Å². The number of hydrogen-bond acceptors (Lipinski definition) is 8. The smallest absolute Gasteiger partial charge is 0.307 e. The van der Waals surface area contributed by atoms with Crippen LogP contribution in [0.1, 0.15) is 64.3 Å². The second-order valence-electron chi connectivity index (χ2n) is 9.66. The lowest BCUT2D eigenvalue weighted by Gasteiger charge is -2.25. The number of pyridine rings is 1. The van der Waals surface area contributed by atoms with Gasteiger partial charge in [-0.05, 0) is 42.2 Å². The number of sulfonamides is 1. The molecule has 1 aliphatic heterocycles. The van der Waals surface area contributed by atoms with Crippen molar-refractivity contribution in [2.75, 3.05) is 13.7 Å². The summed E-state index contributed by atoms with van der Waals surface area (Å²) in [6, 6.07) is 8.88. The number of carbonyl (C=O) groups is 2. The number of carboxylic acid groups (broad SMARTS) is 1. The molecule has 0 saturated heterocycles. The van der Waals surface area contributed by atoms with Crippen molar-refractivity contribution >= 4 is 33.1 Å². The summed E-state index contributed by atoms with van der Waals surface area (Å²) >= 11 is 1.22. The summed E-state index contributed by atoms with van der Waals surface area (Å²) in [6.07, 6.45) is 3.09. The largest absolute Gasteiger partial charge is 0.495 e. The van der Waals surface area contributed by atoms with Crippen LogP contribution in [0, 0.1) is 12.8 Å². The Hall–Kier alpha value is -3.28. The van der Waals surface area contributed by atoms with E-state index in [9.17, 15) is 23.1 Å². The van der Waals surface area contributed by atoms with Crippen molar-refractivity contribution in [1.29, 1.82) is 0 Å². The van der Waals surface area contributed by atoms with Crippen LogP contribution in [0.15, 0.2) is 47.6 Å². The number of Topliss-reactive ketones (excluding diaryl/α,β-unsaturated/α-hetero) is 1. The number of benzene rings is 1. The molecule has 3 atom stereocenters. The molecule has 1 aromatic carbocycles. The lowest BCUT2D eigenvalue weighted by Crippen LogP contribution is -2.36. The number of thiophene rings is 1. The van der Waals surface area contributed by atoms with Crippen LogP contribution in [0.5, 0.6) is 11.5 Å². The molecule has 0 radical (unpaired) electrons. The molecule has 0 spiro atoms. The molecule has 2 aromatic heterocycles. The van der Waals surface area contributed by atoms with E-state index in [1.54, 1.807) is 19.1 Å². The molecule has 208 valence electrons. The number of aryl methyl sites for hydroxylation is 1. The fourth-order valence-electron chi connectivity index (χ4n) is 4.73. The van der Waals surface area contributed by atoms with Gasteiger partial charge in [-0.25, -0.2) is 8.42 Å². The maximum absolute atomic E-state index is 13.7. The lowest BCUT2D eigenvalue weighted by atomic mass is 9.84. The Morgan fingerprint density at radius 2 is 2.03 bits per heavy atom. The highest BCUT2D eigenvalue weighted by molar-refractivity contribution is 7.89. The highest BCUT2D eigenvalue weighted by Gasteiger charge is 2.35. The Labute approximate surface area is 232 Å². The summed E-state index contributed by atoms with van der Waals surface area (Å²) in [5, 5.41) is 9.95. The molecule has 4 rings (SSSR count). The van der Waals surface area contributed by atoms with E-state index in [2.05, 4.69) is 4.98 Å². The third-order valence-corrected chi connectivity index (χ3v) is 10.2. The molecule has 3 aromatic rings. The van der Waals surface area contributed by atoms with Gasteiger partial charge in [0.25, 0.3) is 0 Å². The van der Waals surface area contributed by atoms with Crippen LogP contribution >= 0.6 is 11.3 Å². The molecule has 0 amide bonds. The highest BCUT2D eigenvalue weighted by atomic mass is 32.2. The fraction of sp³-hybridized carbons (Fsp3) is 0.393.